The van der Waals surface area contributed by atoms with E-state index in [9.17, 15) is 9.59 Å². The van der Waals surface area contributed by atoms with E-state index in [0.717, 1.165) is 16.0 Å². The molecule has 8 heteroatoms. The molecule has 33 heavy (non-hydrogen) atoms. The van der Waals surface area contributed by atoms with Crippen LogP contribution in [0.3, 0.4) is 0 Å². The Kier molecular flexibility index (Phi) is 6.85. The monoisotopic (exact) mass is 480 g/mol. The number of nitrogens with zero attached hydrogens (tertiary/aromatic N) is 2. The van der Waals surface area contributed by atoms with Crippen LogP contribution in [0.2, 0.25) is 0 Å². The molecule has 1 aliphatic heterocycles. The van der Waals surface area contributed by atoms with Crippen LogP contribution in [0.5, 0.6) is 5.75 Å². The van der Waals surface area contributed by atoms with Crippen LogP contribution in [0.4, 0.5) is 0 Å². The van der Waals surface area contributed by atoms with Gasteiger partial charge in [0.15, 0.2) is 4.80 Å². The van der Waals surface area contributed by atoms with Crippen LogP contribution in [0.25, 0.3) is 6.08 Å². The predicted molar refractivity (Wildman–Crippen MR) is 132 cm³/mol. The number of rotatable bonds is 6. The maximum absolute atomic E-state index is 13.6. The van der Waals surface area contributed by atoms with Crippen LogP contribution < -0.4 is 19.6 Å². The summed E-state index contributed by atoms with van der Waals surface area (Å²) < 4.78 is 12.7. The lowest BCUT2D eigenvalue weighted by Crippen LogP contribution is -2.39. The molecular weight excluding hydrogens is 456 g/mol. The molecule has 1 aromatic heterocycles. The van der Waals surface area contributed by atoms with Crippen molar-refractivity contribution in [1.82, 2.24) is 4.57 Å². The number of hydrogen-bond donors (Lipinski definition) is 0. The van der Waals surface area contributed by atoms with Gasteiger partial charge < -0.3 is 9.47 Å². The standard InChI is InChI=1S/C25H24N2O4S2/c1-5-31-24(29)21-15(2)26-25-27(22(21)17-8-10-18(30-3)11-9-17)23(28)20(33-25)14-16-6-12-19(32-4)13-7-16/h6-14,22H,5H2,1-4H3/b20-14-. The molecule has 1 atom stereocenters. The Bertz CT molecular complexity index is 1380. The Morgan fingerprint density at radius 3 is 2.48 bits per heavy atom. The minimum atomic E-state index is -0.632. The number of thiazole rings is 1. The first-order chi connectivity index (χ1) is 16.0. The summed E-state index contributed by atoms with van der Waals surface area (Å²) in [6.45, 7) is 3.77. The van der Waals surface area contributed by atoms with Crippen LogP contribution in [-0.4, -0.2) is 30.5 Å². The first-order valence-corrected chi connectivity index (χ1v) is 12.5. The van der Waals surface area contributed by atoms with E-state index in [1.54, 1.807) is 37.3 Å². The normalized spacial score (nSPS) is 15.8. The number of thioether (sulfide) groups is 1. The van der Waals surface area contributed by atoms with Crippen LogP contribution in [0.1, 0.15) is 31.0 Å². The average molecular weight is 481 g/mol. The maximum atomic E-state index is 13.6. The van der Waals surface area contributed by atoms with E-state index in [1.807, 2.05) is 60.9 Å². The Balaban J connectivity index is 1.90. The minimum absolute atomic E-state index is 0.192. The van der Waals surface area contributed by atoms with Gasteiger partial charge in [-0.25, -0.2) is 9.79 Å². The molecule has 0 saturated heterocycles. The zero-order valence-corrected chi connectivity index (χ0v) is 20.5. The van der Waals surface area contributed by atoms with Gasteiger partial charge in [-0.2, -0.15) is 0 Å². The molecule has 6 nitrogen and oxygen atoms in total. The van der Waals surface area contributed by atoms with E-state index >= 15 is 0 Å². The van der Waals surface area contributed by atoms with Gasteiger partial charge in [-0.1, -0.05) is 35.6 Å². The summed E-state index contributed by atoms with van der Waals surface area (Å²) in [4.78, 5) is 32.8. The highest BCUT2D eigenvalue weighted by Crippen LogP contribution is 2.31. The third-order valence-corrected chi connectivity index (χ3v) is 7.09. The van der Waals surface area contributed by atoms with Gasteiger partial charge in [0.2, 0.25) is 0 Å². The Labute approximate surface area is 199 Å². The largest absolute Gasteiger partial charge is 0.497 e. The van der Waals surface area contributed by atoms with Gasteiger partial charge in [-0.3, -0.25) is 9.36 Å². The topological polar surface area (TPSA) is 69.9 Å². The Morgan fingerprint density at radius 1 is 1.18 bits per heavy atom. The summed E-state index contributed by atoms with van der Waals surface area (Å²) in [6.07, 6.45) is 3.89. The van der Waals surface area contributed by atoms with E-state index in [2.05, 4.69) is 4.99 Å². The van der Waals surface area contributed by atoms with Crippen LogP contribution >= 0.6 is 23.1 Å². The lowest BCUT2D eigenvalue weighted by atomic mass is 9.96. The molecule has 0 spiro atoms. The number of carbonyl (C=O) groups is 1. The summed E-state index contributed by atoms with van der Waals surface area (Å²) >= 11 is 2.98. The smallest absolute Gasteiger partial charge is 0.338 e. The van der Waals surface area contributed by atoms with E-state index in [4.69, 9.17) is 9.47 Å². The van der Waals surface area contributed by atoms with Crippen molar-refractivity contribution in [3.05, 3.63) is 90.6 Å². The summed E-state index contributed by atoms with van der Waals surface area (Å²) in [5, 5.41) is 0. The highest BCUT2D eigenvalue weighted by atomic mass is 32.2. The number of ether oxygens (including phenoxy) is 2. The highest BCUT2D eigenvalue weighted by molar-refractivity contribution is 7.98. The number of esters is 1. The summed E-state index contributed by atoms with van der Waals surface area (Å²) in [6, 6.07) is 14.7. The first kappa shape index (κ1) is 23.1. The number of benzene rings is 2. The van der Waals surface area contributed by atoms with Crippen molar-refractivity contribution >= 4 is 35.1 Å². The molecule has 3 aromatic rings. The van der Waals surface area contributed by atoms with Crippen molar-refractivity contribution in [2.45, 2.75) is 24.8 Å². The minimum Gasteiger partial charge on any atom is -0.497 e. The number of aromatic nitrogens is 1. The second kappa shape index (κ2) is 9.80. The lowest BCUT2D eigenvalue weighted by molar-refractivity contribution is -0.139. The zero-order chi connectivity index (χ0) is 23.5. The zero-order valence-electron chi connectivity index (χ0n) is 18.8. The van der Waals surface area contributed by atoms with Gasteiger partial charge in [0.25, 0.3) is 5.56 Å². The number of fused-ring (bicyclic) bond motifs is 1. The van der Waals surface area contributed by atoms with Gasteiger partial charge >= 0.3 is 5.97 Å². The van der Waals surface area contributed by atoms with Crippen LogP contribution in [0.15, 0.2) is 74.5 Å². The van der Waals surface area contributed by atoms with Gasteiger partial charge in [-0.05, 0) is 61.6 Å². The quantitative estimate of drug-likeness (QED) is 0.399. The molecule has 0 bridgehead atoms. The highest BCUT2D eigenvalue weighted by Gasteiger charge is 2.33. The van der Waals surface area contributed by atoms with E-state index in [0.29, 0.717) is 26.4 Å². The second-order valence-corrected chi connectivity index (χ2v) is 9.24. The maximum Gasteiger partial charge on any atom is 0.338 e. The molecule has 2 heterocycles. The molecule has 1 aliphatic rings. The number of carbonyl (C=O) groups excluding carboxylic acids is 1. The summed E-state index contributed by atoms with van der Waals surface area (Å²) in [5.41, 5.74) is 2.44. The average Bonchev–Trinajstić information content (AvgIpc) is 3.13. The molecular formula is C25H24N2O4S2. The first-order valence-electron chi connectivity index (χ1n) is 10.4. The van der Waals surface area contributed by atoms with Gasteiger partial charge in [-0.15, -0.1) is 11.8 Å². The fourth-order valence-electron chi connectivity index (χ4n) is 3.74. The molecule has 0 radical (unpaired) electrons. The van der Waals surface area contributed by atoms with E-state index in [-0.39, 0.29) is 12.2 Å². The number of allylic oxidation sites excluding steroid dienone is 1. The molecule has 0 N–H and O–H groups in total. The lowest BCUT2D eigenvalue weighted by Gasteiger charge is -2.24. The Morgan fingerprint density at radius 2 is 1.88 bits per heavy atom. The second-order valence-electron chi connectivity index (χ2n) is 7.35. The molecule has 0 saturated carbocycles. The predicted octanol–water partition coefficient (Wildman–Crippen LogP) is 3.53. The molecule has 0 amide bonds. The van der Waals surface area contributed by atoms with Crippen molar-refractivity contribution in [3.63, 3.8) is 0 Å². The SMILES string of the molecule is CCOC(=O)C1=C(C)N=c2s/c(=C\c3ccc(SC)cc3)c(=O)n2C1c1ccc(OC)cc1. The third kappa shape index (κ3) is 4.54. The number of hydrogen-bond acceptors (Lipinski definition) is 7. The molecule has 4 rings (SSSR count). The Hall–Kier alpha value is -3.10. The van der Waals surface area contributed by atoms with Crippen molar-refractivity contribution in [2.24, 2.45) is 4.99 Å². The van der Waals surface area contributed by atoms with Gasteiger partial charge in [0.1, 0.15) is 5.75 Å². The molecule has 0 fully saturated rings. The van der Waals surface area contributed by atoms with Gasteiger partial charge in [0.05, 0.1) is 35.6 Å². The van der Waals surface area contributed by atoms with Crippen molar-refractivity contribution in [1.29, 1.82) is 0 Å². The van der Waals surface area contributed by atoms with Crippen molar-refractivity contribution in [2.75, 3.05) is 20.0 Å². The third-order valence-electron chi connectivity index (χ3n) is 5.36. The summed E-state index contributed by atoms with van der Waals surface area (Å²) in [7, 11) is 1.60. The van der Waals surface area contributed by atoms with E-state index < -0.39 is 12.0 Å². The van der Waals surface area contributed by atoms with Crippen molar-refractivity contribution < 1.29 is 14.3 Å². The molecule has 0 aliphatic carbocycles. The van der Waals surface area contributed by atoms with Gasteiger partial charge in [0, 0.05) is 4.90 Å². The molecule has 2 aromatic carbocycles. The molecule has 170 valence electrons. The van der Waals surface area contributed by atoms with Crippen LogP contribution in [-0.2, 0) is 9.53 Å². The molecule has 1 unspecified atom stereocenters. The fraction of sp³-hybridized carbons (Fsp3) is 0.240. The van der Waals surface area contributed by atoms with Crippen molar-refractivity contribution in [3.8, 4) is 5.75 Å². The number of methoxy groups -OCH3 is 1. The van der Waals surface area contributed by atoms with E-state index in [1.165, 1.54) is 11.3 Å². The summed E-state index contributed by atoms with van der Waals surface area (Å²) in [5.74, 6) is 0.222. The fourth-order valence-corrected chi connectivity index (χ4v) is 5.20. The van der Waals surface area contributed by atoms with Crippen LogP contribution in [0, 0.1) is 0 Å².